The van der Waals surface area contributed by atoms with Gasteiger partial charge in [-0.2, -0.15) is 23.1 Å². The van der Waals surface area contributed by atoms with Crippen molar-refractivity contribution in [1.82, 2.24) is 14.0 Å². The smallest absolute Gasteiger partial charge is 0.277 e. The molecular formula is C22H26N4O3S. The molecule has 4 rings (SSSR count). The number of hydrogen-bond acceptors (Lipinski definition) is 4. The lowest BCUT2D eigenvalue weighted by Gasteiger charge is -2.31. The number of hydrogen-bond donors (Lipinski definition) is 3. The summed E-state index contributed by atoms with van der Waals surface area (Å²) in [7, 11) is -3.58. The van der Waals surface area contributed by atoms with Crippen molar-refractivity contribution in [2.45, 2.75) is 57.7 Å². The fraction of sp³-hybridized carbons (Fsp3) is 0.409. The van der Waals surface area contributed by atoms with Crippen LogP contribution in [0.15, 0.2) is 36.4 Å². The topological polar surface area (TPSA) is 107 Å². The molecule has 0 bridgehead atoms. The van der Waals surface area contributed by atoms with Crippen LogP contribution < -0.4 is 9.44 Å². The van der Waals surface area contributed by atoms with Crippen LogP contribution in [-0.4, -0.2) is 30.2 Å². The highest BCUT2D eigenvalue weighted by molar-refractivity contribution is 7.87. The van der Waals surface area contributed by atoms with Gasteiger partial charge in [0.1, 0.15) is 11.8 Å². The Morgan fingerprint density at radius 1 is 1.30 bits per heavy atom. The highest BCUT2D eigenvalue weighted by Gasteiger charge is 2.29. The number of phenolic OH excluding ortho intramolecular Hbond substituents is 1. The minimum Gasteiger partial charge on any atom is -0.508 e. The van der Waals surface area contributed by atoms with Gasteiger partial charge in [0.05, 0.1) is 16.8 Å². The minimum atomic E-state index is -3.58. The normalized spacial score (nSPS) is 19.7. The Hall–Kier alpha value is -2.60. The molecule has 0 saturated heterocycles. The number of phenols is 1. The molecule has 1 fully saturated rings. The molecule has 158 valence electrons. The number of nitrogens with zero attached hydrogens (tertiary/aromatic N) is 2. The van der Waals surface area contributed by atoms with E-state index in [1.165, 1.54) is 0 Å². The molecule has 3 N–H and O–H groups in total. The van der Waals surface area contributed by atoms with Crippen molar-refractivity contribution in [3.63, 3.8) is 0 Å². The minimum absolute atomic E-state index is 0.178. The van der Waals surface area contributed by atoms with Crippen molar-refractivity contribution in [3.05, 3.63) is 47.7 Å². The van der Waals surface area contributed by atoms with Crippen molar-refractivity contribution in [2.24, 2.45) is 0 Å². The molecule has 1 aromatic heterocycles. The van der Waals surface area contributed by atoms with Crippen LogP contribution in [0.4, 0.5) is 0 Å². The Morgan fingerprint density at radius 3 is 2.63 bits per heavy atom. The van der Waals surface area contributed by atoms with E-state index in [4.69, 9.17) is 0 Å². The van der Waals surface area contributed by atoms with Crippen molar-refractivity contribution < 1.29 is 13.5 Å². The third-order valence-corrected chi connectivity index (χ3v) is 7.00. The molecule has 7 nitrogen and oxygen atoms in total. The average Bonchev–Trinajstić information content (AvgIpc) is 2.93. The first-order valence-electron chi connectivity index (χ1n) is 10.2. The zero-order valence-corrected chi connectivity index (χ0v) is 17.9. The summed E-state index contributed by atoms with van der Waals surface area (Å²) >= 11 is 0. The van der Waals surface area contributed by atoms with Crippen LogP contribution in [0.25, 0.3) is 16.5 Å². The Morgan fingerprint density at radius 2 is 2.07 bits per heavy atom. The van der Waals surface area contributed by atoms with Gasteiger partial charge in [-0.3, -0.25) is 0 Å². The molecule has 2 aliphatic carbocycles. The highest BCUT2D eigenvalue weighted by Crippen LogP contribution is 2.42. The van der Waals surface area contributed by atoms with Gasteiger partial charge in [0.2, 0.25) is 0 Å². The van der Waals surface area contributed by atoms with Gasteiger partial charge in [-0.25, -0.2) is 0 Å². The zero-order valence-electron chi connectivity index (χ0n) is 17.1. The van der Waals surface area contributed by atoms with Gasteiger partial charge in [-0.15, -0.1) is 0 Å². The van der Waals surface area contributed by atoms with Crippen LogP contribution >= 0.6 is 0 Å². The van der Waals surface area contributed by atoms with E-state index in [0.717, 1.165) is 41.4 Å². The third kappa shape index (κ3) is 3.88. The number of aromatic nitrogens is 1. The molecule has 0 radical (unpaired) electrons. The van der Waals surface area contributed by atoms with Crippen LogP contribution in [0.1, 0.15) is 56.8 Å². The number of benzene rings is 1. The van der Waals surface area contributed by atoms with Gasteiger partial charge in [0.25, 0.3) is 10.2 Å². The van der Waals surface area contributed by atoms with Gasteiger partial charge >= 0.3 is 0 Å². The van der Waals surface area contributed by atoms with Crippen LogP contribution in [0.2, 0.25) is 0 Å². The maximum absolute atomic E-state index is 12.2. The van der Waals surface area contributed by atoms with Gasteiger partial charge in [-0.1, -0.05) is 18.2 Å². The SMILES string of the molecule is CC(C)NS(=O)(=O)NC1C=CC(c2c(C#N)c3ccc(O)cc3n2C2CCC2)=CC1. The molecule has 1 heterocycles. The summed E-state index contributed by atoms with van der Waals surface area (Å²) in [6.07, 6.45) is 9.41. The van der Waals surface area contributed by atoms with Gasteiger partial charge < -0.3 is 9.67 Å². The van der Waals surface area contributed by atoms with Gasteiger partial charge in [0.15, 0.2) is 0 Å². The quantitative estimate of drug-likeness (QED) is 0.657. The molecule has 1 aromatic carbocycles. The molecule has 30 heavy (non-hydrogen) atoms. The molecule has 2 aliphatic rings. The third-order valence-electron chi connectivity index (χ3n) is 5.61. The van der Waals surface area contributed by atoms with E-state index in [1.807, 2.05) is 18.2 Å². The standard InChI is InChI=1S/C22H26N4O3S/c1-14(2)24-30(28,29)25-16-8-6-15(7-9-16)22-20(13-23)19-11-10-18(27)12-21(19)26(22)17-4-3-5-17/h6-8,10-12,14,16-17,24-25,27H,3-5,9H2,1-2H3. The second-order valence-electron chi connectivity index (χ2n) is 8.25. The van der Waals surface area contributed by atoms with E-state index >= 15 is 0 Å². The zero-order chi connectivity index (χ0) is 21.5. The average molecular weight is 427 g/mol. The molecule has 1 saturated carbocycles. The molecule has 1 unspecified atom stereocenters. The Balaban J connectivity index is 1.70. The first-order chi connectivity index (χ1) is 14.3. The van der Waals surface area contributed by atoms with E-state index in [-0.39, 0.29) is 17.8 Å². The summed E-state index contributed by atoms with van der Waals surface area (Å²) in [5, 5.41) is 20.8. The predicted octanol–water partition coefficient (Wildman–Crippen LogP) is 3.49. The van der Waals surface area contributed by atoms with Crippen LogP contribution in [0.5, 0.6) is 5.75 Å². The van der Waals surface area contributed by atoms with E-state index in [0.29, 0.717) is 18.0 Å². The number of aromatic hydroxyl groups is 1. The molecule has 8 heteroatoms. The van der Waals surface area contributed by atoms with Gasteiger partial charge in [0, 0.05) is 29.6 Å². The van der Waals surface area contributed by atoms with Crippen LogP contribution in [0, 0.1) is 11.3 Å². The second-order valence-corrected chi connectivity index (χ2v) is 9.72. The molecule has 1 atom stereocenters. The molecule has 0 aliphatic heterocycles. The summed E-state index contributed by atoms with van der Waals surface area (Å²) in [6, 6.07) is 7.24. The van der Waals surface area contributed by atoms with Crippen LogP contribution in [0.3, 0.4) is 0 Å². The Kier molecular flexibility index (Phi) is 5.45. The number of fused-ring (bicyclic) bond motifs is 1. The first kappa shape index (κ1) is 20.7. The lowest BCUT2D eigenvalue weighted by Crippen LogP contribution is -2.44. The maximum atomic E-state index is 12.2. The van der Waals surface area contributed by atoms with Crippen molar-refractivity contribution in [2.75, 3.05) is 0 Å². The first-order valence-corrected chi connectivity index (χ1v) is 11.7. The fourth-order valence-corrected chi connectivity index (χ4v) is 5.41. The lowest BCUT2D eigenvalue weighted by atomic mass is 9.91. The molecular weight excluding hydrogens is 400 g/mol. The monoisotopic (exact) mass is 426 g/mol. The fourth-order valence-electron chi connectivity index (χ4n) is 4.15. The largest absolute Gasteiger partial charge is 0.508 e. The Labute approximate surface area is 176 Å². The van der Waals surface area contributed by atoms with Crippen molar-refractivity contribution in [1.29, 1.82) is 5.26 Å². The van der Waals surface area contributed by atoms with Crippen molar-refractivity contribution >= 4 is 26.7 Å². The lowest BCUT2D eigenvalue weighted by molar-refractivity contribution is 0.320. The summed E-state index contributed by atoms with van der Waals surface area (Å²) in [4.78, 5) is 0. The maximum Gasteiger partial charge on any atom is 0.277 e. The number of allylic oxidation sites excluding steroid dienone is 2. The summed E-state index contributed by atoms with van der Waals surface area (Å²) in [5.41, 5.74) is 3.21. The van der Waals surface area contributed by atoms with Gasteiger partial charge in [-0.05, 0) is 57.2 Å². The number of nitrogens with one attached hydrogen (secondary N) is 2. The molecule has 2 aromatic rings. The summed E-state index contributed by atoms with van der Waals surface area (Å²) in [5.74, 6) is 0.178. The summed E-state index contributed by atoms with van der Waals surface area (Å²) < 4.78 is 31.7. The number of nitriles is 1. The van der Waals surface area contributed by atoms with E-state index < -0.39 is 10.2 Å². The Bertz CT molecular complexity index is 1180. The molecule has 0 amide bonds. The van der Waals surface area contributed by atoms with E-state index in [1.54, 1.807) is 32.0 Å². The highest BCUT2D eigenvalue weighted by atomic mass is 32.2. The summed E-state index contributed by atoms with van der Waals surface area (Å²) in [6.45, 7) is 3.54. The molecule has 0 spiro atoms. The predicted molar refractivity (Wildman–Crippen MR) is 117 cm³/mol. The second kappa shape index (κ2) is 7.91. The van der Waals surface area contributed by atoms with E-state index in [2.05, 4.69) is 20.1 Å². The number of rotatable bonds is 6. The van der Waals surface area contributed by atoms with E-state index in [9.17, 15) is 18.8 Å². The van der Waals surface area contributed by atoms with Crippen molar-refractivity contribution in [3.8, 4) is 11.8 Å². The van der Waals surface area contributed by atoms with Crippen LogP contribution in [-0.2, 0) is 10.2 Å².